The Balaban J connectivity index is 1.46. The molecule has 1 spiro atoms. The Labute approximate surface area is 242 Å². The van der Waals surface area contributed by atoms with Crippen molar-refractivity contribution >= 4 is 17.3 Å². The van der Waals surface area contributed by atoms with Gasteiger partial charge in [-0.1, -0.05) is 93.3 Å². The average molecular weight is 547 g/mol. The van der Waals surface area contributed by atoms with Crippen molar-refractivity contribution in [3.63, 3.8) is 0 Å². The van der Waals surface area contributed by atoms with Crippen molar-refractivity contribution in [1.29, 1.82) is 0 Å². The molecular formula is C36H38N2O3. The van der Waals surface area contributed by atoms with E-state index in [1.165, 1.54) is 30.4 Å². The molecule has 0 aliphatic carbocycles. The van der Waals surface area contributed by atoms with Gasteiger partial charge < -0.3 is 20.1 Å². The van der Waals surface area contributed by atoms with E-state index in [2.05, 4.69) is 62.6 Å². The highest BCUT2D eigenvalue weighted by atomic mass is 16.6. The van der Waals surface area contributed by atoms with Crippen LogP contribution in [0, 0.1) is 19.8 Å². The van der Waals surface area contributed by atoms with Gasteiger partial charge in [-0.25, -0.2) is 4.79 Å². The molecule has 2 aliphatic heterocycles. The van der Waals surface area contributed by atoms with Crippen LogP contribution in [0.3, 0.4) is 0 Å². The Morgan fingerprint density at radius 1 is 0.829 bits per heavy atom. The zero-order valence-electron chi connectivity index (χ0n) is 24.3. The fourth-order valence-electron chi connectivity index (χ4n) is 6.38. The van der Waals surface area contributed by atoms with Crippen molar-refractivity contribution in [2.45, 2.75) is 65.1 Å². The molecule has 3 unspecified atom stereocenters. The summed E-state index contributed by atoms with van der Waals surface area (Å²) in [5, 5.41) is 7.65. The standard InChI is InChI=1S/C36H38N2O3/c1-5-6-12-23(2)22-33(37-29-20-19-24(3)21-25(29)4)38-30-16-11-18-32-34(30)36(28-15-9-10-17-31(28)40-32)27-14-8-7-13-26(27)35(39)41-36/h7-11,13-21,23,33,37-38H,5-6,12,22H2,1-4H3. The first-order valence-corrected chi connectivity index (χ1v) is 14.7. The molecule has 4 aromatic carbocycles. The third-order valence-electron chi connectivity index (χ3n) is 8.37. The maximum atomic E-state index is 13.3. The van der Waals surface area contributed by atoms with Crippen LogP contribution >= 0.6 is 0 Å². The van der Waals surface area contributed by atoms with Gasteiger partial charge in [0.25, 0.3) is 0 Å². The molecule has 2 N–H and O–H groups in total. The number of hydrogen-bond donors (Lipinski definition) is 2. The second-order valence-corrected chi connectivity index (χ2v) is 11.5. The van der Waals surface area contributed by atoms with Gasteiger partial charge in [0.15, 0.2) is 5.60 Å². The van der Waals surface area contributed by atoms with Gasteiger partial charge in [0, 0.05) is 22.5 Å². The number of hydrogen-bond acceptors (Lipinski definition) is 5. The van der Waals surface area contributed by atoms with E-state index in [4.69, 9.17) is 9.47 Å². The molecule has 6 rings (SSSR count). The molecule has 4 aromatic rings. The van der Waals surface area contributed by atoms with Crippen LogP contribution in [0.5, 0.6) is 11.5 Å². The third kappa shape index (κ3) is 4.84. The van der Waals surface area contributed by atoms with Gasteiger partial charge in [-0.05, 0) is 62.1 Å². The highest BCUT2D eigenvalue weighted by Crippen LogP contribution is 2.58. The number of unbranched alkanes of at least 4 members (excludes halogenated alkanes) is 1. The maximum Gasteiger partial charge on any atom is 0.340 e. The molecule has 0 saturated carbocycles. The predicted molar refractivity (Wildman–Crippen MR) is 165 cm³/mol. The molecule has 0 bridgehead atoms. The summed E-state index contributed by atoms with van der Waals surface area (Å²) in [6, 6.07) is 28.1. The van der Waals surface area contributed by atoms with E-state index in [9.17, 15) is 4.79 Å². The third-order valence-corrected chi connectivity index (χ3v) is 8.37. The molecule has 210 valence electrons. The second kappa shape index (κ2) is 11.0. The second-order valence-electron chi connectivity index (χ2n) is 11.5. The Bertz CT molecular complexity index is 1600. The fraction of sp³-hybridized carbons (Fsp3) is 0.306. The molecule has 0 saturated heterocycles. The van der Waals surface area contributed by atoms with Gasteiger partial charge in [-0.2, -0.15) is 0 Å². The van der Waals surface area contributed by atoms with E-state index in [-0.39, 0.29) is 12.1 Å². The molecule has 5 nitrogen and oxygen atoms in total. The number of nitrogens with one attached hydrogen (secondary N) is 2. The van der Waals surface area contributed by atoms with Crippen LogP contribution in [-0.4, -0.2) is 12.1 Å². The lowest BCUT2D eigenvalue weighted by Crippen LogP contribution is -2.36. The molecule has 0 fully saturated rings. The molecule has 41 heavy (non-hydrogen) atoms. The van der Waals surface area contributed by atoms with Crippen LogP contribution in [0.25, 0.3) is 0 Å². The van der Waals surface area contributed by atoms with Crippen LogP contribution < -0.4 is 15.4 Å². The Morgan fingerprint density at radius 2 is 1.56 bits per heavy atom. The SMILES string of the molecule is CCCCC(C)CC(Nc1ccc(C)cc1C)Nc1cccc2c1C1(OC(=O)c3ccccc31)c1ccccc1O2. The summed E-state index contributed by atoms with van der Waals surface area (Å²) in [6.07, 6.45) is 4.43. The van der Waals surface area contributed by atoms with Gasteiger partial charge in [0.05, 0.1) is 17.3 Å². The number of rotatable bonds is 9. The summed E-state index contributed by atoms with van der Waals surface area (Å²) < 4.78 is 12.9. The lowest BCUT2D eigenvalue weighted by atomic mass is 9.77. The number of esters is 1. The van der Waals surface area contributed by atoms with Crippen molar-refractivity contribution < 1.29 is 14.3 Å². The van der Waals surface area contributed by atoms with E-state index in [0.717, 1.165) is 34.5 Å². The Morgan fingerprint density at radius 3 is 2.37 bits per heavy atom. The van der Waals surface area contributed by atoms with Crippen molar-refractivity contribution in [3.8, 4) is 11.5 Å². The summed E-state index contributed by atoms with van der Waals surface area (Å²) in [7, 11) is 0. The lowest BCUT2D eigenvalue weighted by molar-refractivity contribution is 0.0226. The normalized spacial score (nSPS) is 18.0. The number of fused-ring (bicyclic) bond motifs is 6. The van der Waals surface area contributed by atoms with Gasteiger partial charge in [0.2, 0.25) is 0 Å². The molecule has 3 atom stereocenters. The monoisotopic (exact) mass is 546 g/mol. The summed E-state index contributed by atoms with van der Waals surface area (Å²) in [4.78, 5) is 13.3. The van der Waals surface area contributed by atoms with Crippen LogP contribution in [0.15, 0.2) is 84.9 Å². The smallest absolute Gasteiger partial charge is 0.340 e. The van der Waals surface area contributed by atoms with Gasteiger partial charge in [-0.15, -0.1) is 0 Å². The first-order chi connectivity index (χ1) is 19.9. The van der Waals surface area contributed by atoms with E-state index >= 15 is 0 Å². The van der Waals surface area contributed by atoms with E-state index in [1.807, 2.05) is 60.7 Å². The van der Waals surface area contributed by atoms with E-state index < -0.39 is 5.60 Å². The van der Waals surface area contributed by atoms with E-state index in [1.54, 1.807) is 0 Å². The fourth-order valence-corrected chi connectivity index (χ4v) is 6.38. The molecule has 0 amide bonds. The van der Waals surface area contributed by atoms with Crippen LogP contribution in [0.1, 0.15) is 77.7 Å². The van der Waals surface area contributed by atoms with Crippen molar-refractivity contribution in [2.24, 2.45) is 5.92 Å². The van der Waals surface area contributed by atoms with Gasteiger partial charge in [-0.3, -0.25) is 0 Å². The first kappa shape index (κ1) is 26.9. The lowest BCUT2D eigenvalue weighted by Gasteiger charge is -2.38. The quantitative estimate of drug-likeness (QED) is 0.162. The number of para-hydroxylation sites is 1. The molecular weight excluding hydrogens is 508 g/mol. The minimum atomic E-state index is -1.11. The average Bonchev–Trinajstić information content (AvgIpc) is 3.26. The van der Waals surface area contributed by atoms with Gasteiger partial charge in [0.1, 0.15) is 11.5 Å². The summed E-state index contributed by atoms with van der Waals surface area (Å²) in [6.45, 7) is 8.83. The van der Waals surface area contributed by atoms with Crippen LogP contribution in [0.2, 0.25) is 0 Å². The largest absolute Gasteiger partial charge is 0.456 e. The molecule has 2 heterocycles. The van der Waals surface area contributed by atoms with E-state index in [0.29, 0.717) is 23.0 Å². The van der Waals surface area contributed by atoms with Crippen molar-refractivity contribution in [1.82, 2.24) is 0 Å². The first-order valence-electron chi connectivity index (χ1n) is 14.7. The zero-order chi connectivity index (χ0) is 28.6. The predicted octanol–water partition coefficient (Wildman–Crippen LogP) is 8.94. The molecule has 0 radical (unpaired) electrons. The number of benzene rings is 4. The Kier molecular flexibility index (Phi) is 7.21. The minimum absolute atomic E-state index is 0.0590. The summed E-state index contributed by atoms with van der Waals surface area (Å²) in [5.74, 6) is 1.57. The van der Waals surface area contributed by atoms with Crippen molar-refractivity contribution in [2.75, 3.05) is 10.6 Å². The number of carbonyl (C=O) groups is 1. The number of ether oxygens (including phenoxy) is 2. The van der Waals surface area contributed by atoms with Crippen LogP contribution in [-0.2, 0) is 10.3 Å². The zero-order valence-corrected chi connectivity index (χ0v) is 24.3. The summed E-state index contributed by atoms with van der Waals surface area (Å²) in [5.41, 5.74) is 6.40. The number of aryl methyl sites for hydroxylation is 2. The summed E-state index contributed by atoms with van der Waals surface area (Å²) >= 11 is 0. The molecule has 5 heteroatoms. The number of anilines is 2. The molecule has 2 aliphatic rings. The number of carbonyl (C=O) groups excluding carboxylic acids is 1. The highest BCUT2D eigenvalue weighted by molar-refractivity contribution is 5.97. The minimum Gasteiger partial charge on any atom is -0.456 e. The molecule has 0 aromatic heterocycles. The topological polar surface area (TPSA) is 59.6 Å². The van der Waals surface area contributed by atoms with Crippen molar-refractivity contribution in [3.05, 3.63) is 118 Å². The Hall–Kier alpha value is -4.25. The highest BCUT2D eigenvalue weighted by Gasteiger charge is 2.54. The maximum absolute atomic E-state index is 13.3. The van der Waals surface area contributed by atoms with Crippen LogP contribution in [0.4, 0.5) is 11.4 Å². The van der Waals surface area contributed by atoms with Gasteiger partial charge >= 0.3 is 5.97 Å².